The molecule has 0 nitrogen and oxygen atoms in total. The monoisotopic (exact) mass is 297 g/mol. The van der Waals surface area contributed by atoms with Gasteiger partial charge in [-0.25, -0.2) is 0 Å². The molecule has 0 aromatic rings. The van der Waals surface area contributed by atoms with Crippen molar-refractivity contribution in [1.82, 2.24) is 0 Å². The van der Waals surface area contributed by atoms with Gasteiger partial charge in [-0.1, -0.05) is 0 Å². The predicted molar refractivity (Wildman–Crippen MR) is 58.0 cm³/mol. The summed E-state index contributed by atoms with van der Waals surface area (Å²) < 4.78 is 1.60. The molecule has 0 bridgehead atoms. The summed E-state index contributed by atoms with van der Waals surface area (Å²) in [6.45, 7) is 12.1. The van der Waals surface area contributed by atoms with E-state index >= 15 is 0 Å². The van der Waals surface area contributed by atoms with E-state index < -0.39 is 8.07 Å². The summed E-state index contributed by atoms with van der Waals surface area (Å²) in [6.07, 6.45) is 5.86. The first-order valence-corrected chi connectivity index (χ1v) is 8.66. The second-order valence-electron chi connectivity index (χ2n) is 5.37. The minimum atomic E-state index is -1.24. The second-order valence-corrected chi connectivity index (χ2v) is 11.6. The maximum absolute atomic E-state index is 2.49. The third kappa shape index (κ3) is 3.75. The average Bonchev–Trinajstić information content (AvgIpc) is 2.32. The molecule has 0 N–H and O–H groups in total. The van der Waals surface area contributed by atoms with Crippen molar-refractivity contribution in [3.63, 3.8) is 0 Å². The Balaban J connectivity index is 0. The first-order chi connectivity index (χ1) is 5.77. The van der Waals surface area contributed by atoms with Gasteiger partial charge in [0.2, 0.25) is 0 Å². The molecule has 85 valence electrons. The second kappa shape index (κ2) is 6.07. The minimum Gasteiger partial charge on any atom is -1.00 e. The van der Waals surface area contributed by atoms with E-state index in [0.717, 1.165) is 0 Å². The fourth-order valence-electron chi connectivity index (χ4n) is 1.49. The van der Waals surface area contributed by atoms with Gasteiger partial charge < -0.3 is 24.8 Å². The molecule has 0 aromatic heterocycles. The quantitative estimate of drug-likeness (QED) is 0.482. The van der Waals surface area contributed by atoms with Crippen LogP contribution in [0.1, 0.15) is 27.2 Å². The van der Waals surface area contributed by atoms with Crippen molar-refractivity contribution < 1.29 is 45.2 Å². The zero-order valence-electron chi connectivity index (χ0n) is 10.1. The van der Waals surface area contributed by atoms with Crippen molar-refractivity contribution in [2.75, 3.05) is 0 Å². The molecule has 0 radical (unpaired) electrons. The van der Waals surface area contributed by atoms with Crippen LogP contribution in [0.3, 0.4) is 0 Å². The van der Waals surface area contributed by atoms with Gasteiger partial charge in [0.05, 0.1) is 0 Å². The SMILES string of the molecule is CC(C)(C)[Si](C)(C)C1=[C]([Ti+2])CC=C1.[Cl-].[Cl-]. The maximum Gasteiger partial charge on any atom is -1.00 e. The smallest absolute Gasteiger partial charge is 1.00 e. The molecule has 1 rings (SSSR count). The van der Waals surface area contributed by atoms with Crippen molar-refractivity contribution in [1.29, 1.82) is 0 Å². The molecular formula is C11H19Cl2SiTi. The van der Waals surface area contributed by atoms with Crippen molar-refractivity contribution in [2.45, 2.75) is 45.3 Å². The van der Waals surface area contributed by atoms with Gasteiger partial charge in [0, 0.05) is 0 Å². The summed E-state index contributed by atoms with van der Waals surface area (Å²) >= 11 is 2.29. The van der Waals surface area contributed by atoms with Gasteiger partial charge >= 0.3 is 95.1 Å². The number of halogens is 2. The Morgan fingerprint density at radius 1 is 1.20 bits per heavy atom. The van der Waals surface area contributed by atoms with Crippen molar-refractivity contribution >= 4 is 8.07 Å². The van der Waals surface area contributed by atoms with Crippen LogP contribution < -0.4 is 24.8 Å². The number of hydrogen-bond acceptors (Lipinski definition) is 0. The average molecular weight is 298 g/mol. The van der Waals surface area contributed by atoms with Crippen molar-refractivity contribution in [3.8, 4) is 0 Å². The van der Waals surface area contributed by atoms with Crippen LogP contribution in [0.4, 0.5) is 0 Å². The standard InChI is InChI=1S/C11H19Si.2ClH.Ti/c1-11(2,3)12(4,5)10-8-6-7-9-10;;;/h6,8H,7H2,1-5H3;2*1H;/q;;;+2/p-2. The molecular weight excluding hydrogens is 279 g/mol. The zero-order chi connectivity index (χ0) is 10.3. The Morgan fingerprint density at radius 3 is 1.93 bits per heavy atom. The number of rotatable bonds is 1. The third-order valence-electron chi connectivity index (χ3n) is 3.48. The molecule has 0 heterocycles. The summed E-state index contributed by atoms with van der Waals surface area (Å²) in [5.74, 6) is 0. The van der Waals surface area contributed by atoms with Crippen molar-refractivity contribution in [3.05, 3.63) is 21.2 Å². The van der Waals surface area contributed by atoms with Crippen LogP contribution in [0, 0.1) is 0 Å². The minimum absolute atomic E-state index is 0. The van der Waals surface area contributed by atoms with Crippen molar-refractivity contribution in [2.24, 2.45) is 0 Å². The van der Waals surface area contributed by atoms with Crippen LogP contribution in [0.15, 0.2) is 21.2 Å². The first kappa shape index (κ1) is 18.4. The fourth-order valence-corrected chi connectivity index (χ4v) is 5.47. The van der Waals surface area contributed by atoms with Crippen LogP contribution in [-0.4, -0.2) is 8.07 Å². The van der Waals surface area contributed by atoms with Crippen LogP contribution >= 0.6 is 0 Å². The molecule has 1 aliphatic carbocycles. The van der Waals surface area contributed by atoms with E-state index in [1.165, 1.54) is 6.42 Å². The van der Waals surface area contributed by atoms with Gasteiger partial charge in [-0.3, -0.25) is 0 Å². The summed E-state index contributed by atoms with van der Waals surface area (Å²) in [4.78, 5) is 0. The molecule has 0 atom stereocenters. The van der Waals surface area contributed by atoms with E-state index in [-0.39, 0.29) is 24.8 Å². The molecule has 0 spiro atoms. The van der Waals surface area contributed by atoms with E-state index in [2.05, 4.69) is 66.5 Å². The molecule has 0 saturated carbocycles. The van der Waals surface area contributed by atoms with E-state index in [9.17, 15) is 0 Å². The first-order valence-electron chi connectivity index (χ1n) is 4.88. The van der Waals surface area contributed by atoms with Crippen LogP contribution in [0.5, 0.6) is 0 Å². The summed E-state index contributed by atoms with van der Waals surface area (Å²) in [7, 11) is -1.24. The molecule has 1 aliphatic rings. The van der Waals surface area contributed by atoms with Gasteiger partial charge in [-0.15, -0.1) is 0 Å². The fraction of sp³-hybridized carbons (Fsp3) is 0.636. The molecule has 0 saturated heterocycles. The van der Waals surface area contributed by atoms with Crippen LogP contribution in [-0.2, 0) is 20.4 Å². The number of allylic oxidation sites excluding steroid dienone is 4. The molecule has 4 heteroatoms. The Bertz CT molecular complexity index is 275. The van der Waals surface area contributed by atoms with E-state index in [0.29, 0.717) is 5.04 Å². The van der Waals surface area contributed by atoms with Gasteiger partial charge in [0.1, 0.15) is 0 Å². The predicted octanol–water partition coefficient (Wildman–Crippen LogP) is -2.20. The number of hydrogen-bond donors (Lipinski definition) is 0. The molecule has 0 aromatic carbocycles. The third-order valence-corrected chi connectivity index (χ3v) is 10.2. The topological polar surface area (TPSA) is 0 Å². The Hall–Kier alpha value is 0.991. The summed E-state index contributed by atoms with van der Waals surface area (Å²) in [5, 5.41) is 2.15. The van der Waals surface area contributed by atoms with Gasteiger partial charge in [-0.2, -0.15) is 0 Å². The molecule has 15 heavy (non-hydrogen) atoms. The Morgan fingerprint density at radius 2 is 1.67 bits per heavy atom. The summed E-state index contributed by atoms with van der Waals surface area (Å²) in [5.41, 5.74) is 0. The van der Waals surface area contributed by atoms with Gasteiger partial charge in [0.15, 0.2) is 0 Å². The van der Waals surface area contributed by atoms with E-state index in [1.54, 1.807) is 9.07 Å². The summed E-state index contributed by atoms with van der Waals surface area (Å²) in [6, 6.07) is 0. The van der Waals surface area contributed by atoms with E-state index in [4.69, 9.17) is 0 Å². The van der Waals surface area contributed by atoms with Gasteiger partial charge in [0.25, 0.3) is 0 Å². The largest absolute Gasteiger partial charge is 1.00 e. The molecule has 0 aliphatic heterocycles. The van der Waals surface area contributed by atoms with Crippen LogP contribution in [0.25, 0.3) is 0 Å². The Labute approximate surface area is 119 Å². The maximum atomic E-state index is 2.49. The van der Waals surface area contributed by atoms with E-state index in [1.807, 2.05) is 0 Å². The Kier molecular flexibility index (Phi) is 7.43. The van der Waals surface area contributed by atoms with Crippen LogP contribution in [0.2, 0.25) is 18.1 Å². The molecule has 0 amide bonds. The zero-order valence-corrected chi connectivity index (χ0v) is 14.2. The van der Waals surface area contributed by atoms with Gasteiger partial charge in [-0.05, 0) is 0 Å². The molecule has 0 fully saturated rings. The molecule has 0 unspecified atom stereocenters. The normalized spacial score (nSPS) is 16.2.